The molecule has 0 saturated carbocycles. The van der Waals surface area contributed by atoms with Crippen LogP contribution in [0.3, 0.4) is 0 Å². The van der Waals surface area contributed by atoms with E-state index in [1.165, 1.54) is 11.3 Å². The molecule has 1 aromatic rings. The number of carbonyl (C=O) groups excluding carboxylic acids is 2. The van der Waals surface area contributed by atoms with Crippen molar-refractivity contribution >= 4 is 34.1 Å². The third-order valence-electron chi connectivity index (χ3n) is 5.82. The number of nitrogens with one attached hydrogen (secondary N) is 1. The highest BCUT2D eigenvalue weighted by molar-refractivity contribution is 7.17. The van der Waals surface area contributed by atoms with Gasteiger partial charge in [0.1, 0.15) is 5.00 Å². The van der Waals surface area contributed by atoms with Gasteiger partial charge in [0.2, 0.25) is 5.91 Å². The Morgan fingerprint density at radius 1 is 1.04 bits per heavy atom. The van der Waals surface area contributed by atoms with Crippen LogP contribution in [0.5, 0.6) is 0 Å². The summed E-state index contributed by atoms with van der Waals surface area (Å²) in [6.45, 7) is 3.86. The second-order valence-corrected chi connectivity index (χ2v) is 8.75. The third-order valence-corrected chi connectivity index (χ3v) is 7.03. The molecule has 2 atom stereocenters. The van der Waals surface area contributed by atoms with Gasteiger partial charge in [-0.05, 0) is 57.9 Å². The Kier molecular flexibility index (Phi) is 5.69. The van der Waals surface area contributed by atoms with Crippen molar-refractivity contribution in [2.75, 3.05) is 5.32 Å². The largest absolute Gasteiger partial charge is 0.481 e. The molecule has 0 aromatic carbocycles. The number of aryl methyl sites for hydroxylation is 1. The van der Waals surface area contributed by atoms with E-state index in [2.05, 4.69) is 5.32 Å². The Morgan fingerprint density at radius 3 is 2.30 bits per heavy atom. The molecule has 2 aliphatic rings. The molecule has 0 fully saturated rings. The second kappa shape index (κ2) is 7.84. The van der Waals surface area contributed by atoms with Gasteiger partial charge in [0.05, 0.1) is 17.4 Å². The molecule has 0 aliphatic heterocycles. The van der Waals surface area contributed by atoms with E-state index in [4.69, 9.17) is 5.73 Å². The summed E-state index contributed by atoms with van der Waals surface area (Å²) < 4.78 is 0. The number of primary amides is 1. The first-order valence-corrected chi connectivity index (χ1v) is 10.2. The van der Waals surface area contributed by atoms with Gasteiger partial charge in [-0.2, -0.15) is 0 Å². The molecule has 27 heavy (non-hydrogen) atoms. The summed E-state index contributed by atoms with van der Waals surface area (Å²) in [7, 11) is 0. The lowest BCUT2D eigenvalue weighted by Crippen LogP contribution is -2.36. The molecule has 2 amide bonds. The van der Waals surface area contributed by atoms with Gasteiger partial charge in [0.15, 0.2) is 0 Å². The van der Waals surface area contributed by atoms with Gasteiger partial charge in [0.25, 0.3) is 5.91 Å². The van der Waals surface area contributed by atoms with Crippen LogP contribution in [0.2, 0.25) is 0 Å². The van der Waals surface area contributed by atoms with Crippen molar-refractivity contribution in [1.29, 1.82) is 0 Å². The van der Waals surface area contributed by atoms with Crippen LogP contribution in [0.1, 0.15) is 66.8 Å². The first-order valence-electron chi connectivity index (χ1n) is 9.42. The highest BCUT2D eigenvalue weighted by atomic mass is 32.1. The van der Waals surface area contributed by atoms with Gasteiger partial charge in [-0.15, -0.1) is 11.3 Å². The molecule has 0 spiro atoms. The predicted octanol–water partition coefficient (Wildman–Crippen LogP) is 3.50. The Morgan fingerprint density at radius 2 is 1.67 bits per heavy atom. The van der Waals surface area contributed by atoms with Crippen LogP contribution in [0.15, 0.2) is 11.1 Å². The number of rotatable bonds is 4. The first-order chi connectivity index (χ1) is 12.8. The number of anilines is 1. The minimum atomic E-state index is -0.959. The van der Waals surface area contributed by atoms with E-state index >= 15 is 0 Å². The third kappa shape index (κ3) is 3.93. The average Bonchev–Trinajstić information content (AvgIpc) is 2.77. The lowest BCUT2D eigenvalue weighted by Gasteiger charge is -2.29. The van der Waals surface area contributed by atoms with Gasteiger partial charge in [-0.1, -0.05) is 17.6 Å². The standard InChI is InChI=1S/C20H26N2O4S/c1-10-8-13(14(20(25)26)9-11(10)2)18(24)22-19-16(17(21)23)12-6-4-3-5-7-15(12)27-19/h13-14H,3-9H2,1-2H3,(H2,21,23)(H,22,24)(H,25,26)/t13-,14+/m0/s1. The molecule has 7 heteroatoms. The molecule has 1 aromatic heterocycles. The Labute approximate surface area is 162 Å². The van der Waals surface area contributed by atoms with Crippen LogP contribution in [0, 0.1) is 11.8 Å². The van der Waals surface area contributed by atoms with Crippen LogP contribution in [0.4, 0.5) is 5.00 Å². The van der Waals surface area contributed by atoms with Crippen molar-refractivity contribution in [1.82, 2.24) is 0 Å². The summed E-state index contributed by atoms with van der Waals surface area (Å²) in [5.74, 6) is -3.22. The van der Waals surface area contributed by atoms with Crippen molar-refractivity contribution in [3.63, 3.8) is 0 Å². The number of nitrogens with two attached hydrogens (primary N) is 1. The topological polar surface area (TPSA) is 109 Å². The second-order valence-electron chi connectivity index (χ2n) is 7.64. The number of hydrogen-bond donors (Lipinski definition) is 3. The molecule has 146 valence electrons. The number of carboxylic acids is 1. The quantitative estimate of drug-likeness (QED) is 0.540. The van der Waals surface area contributed by atoms with Crippen LogP contribution in [-0.2, 0) is 22.4 Å². The molecule has 0 unspecified atom stereocenters. The van der Waals surface area contributed by atoms with Crippen molar-refractivity contribution in [3.05, 3.63) is 27.2 Å². The van der Waals surface area contributed by atoms with Crippen LogP contribution in [0.25, 0.3) is 0 Å². The number of fused-ring (bicyclic) bond motifs is 1. The van der Waals surface area contributed by atoms with Crippen LogP contribution >= 0.6 is 11.3 Å². The lowest BCUT2D eigenvalue weighted by molar-refractivity contribution is -0.146. The number of aliphatic carboxylic acids is 1. The maximum atomic E-state index is 12.9. The number of allylic oxidation sites excluding steroid dienone is 2. The Bertz CT molecular complexity index is 824. The van der Waals surface area contributed by atoms with E-state index in [1.54, 1.807) is 0 Å². The fraction of sp³-hybridized carbons (Fsp3) is 0.550. The summed E-state index contributed by atoms with van der Waals surface area (Å²) in [5.41, 5.74) is 9.09. The summed E-state index contributed by atoms with van der Waals surface area (Å²) >= 11 is 1.41. The number of carboxylic acid groups (broad SMARTS) is 1. The van der Waals surface area contributed by atoms with E-state index in [0.717, 1.165) is 53.7 Å². The maximum Gasteiger partial charge on any atom is 0.307 e. The fourth-order valence-electron chi connectivity index (χ4n) is 4.12. The van der Waals surface area contributed by atoms with E-state index in [9.17, 15) is 19.5 Å². The molecule has 0 bridgehead atoms. The van der Waals surface area contributed by atoms with E-state index in [1.807, 2.05) is 13.8 Å². The summed E-state index contributed by atoms with van der Waals surface area (Å²) in [4.78, 5) is 37.8. The minimum absolute atomic E-state index is 0.340. The number of carbonyl (C=O) groups is 3. The van der Waals surface area contributed by atoms with Gasteiger partial charge in [-0.25, -0.2) is 0 Å². The first kappa shape index (κ1) is 19.6. The zero-order valence-electron chi connectivity index (χ0n) is 15.8. The van der Waals surface area contributed by atoms with E-state index < -0.39 is 23.7 Å². The number of hydrogen-bond acceptors (Lipinski definition) is 4. The zero-order valence-corrected chi connectivity index (χ0v) is 16.6. The van der Waals surface area contributed by atoms with Gasteiger partial charge in [-0.3, -0.25) is 14.4 Å². The van der Waals surface area contributed by atoms with Crippen molar-refractivity contribution in [2.45, 2.75) is 58.8 Å². The molecule has 4 N–H and O–H groups in total. The van der Waals surface area contributed by atoms with E-state index in [-0.39, 0.29) is 5.91 Å². The normalized spacial score (nSPS) is 22.7. The van der Waals surface area contributed by atoms with Crippen LogP contribution < -0.4 is 11.1 Å². The van der Waals surface area contributed by atoms with Crippen molar-refractivity contribution in [3.8, 4) is 0 Å². The molecular weight excluding hydrogens is 364 g/mol. The summed E-state index contributed by atoms with van der Waals surface area (Å²) in [5, 5.41) is 12.9. The zero-order chi connectivity index (χ0) is 19.7. The minimum Gasteiger partial charge on any atom is -0.481 e. The number of amides is 2. The van der Waals surface area contributed by atoms with Gasteiger partial charge in [0, 0.05) is 4.88 Å². The van der Waals surface area contributed by atoms with Crippen LogP contribution in [-0.4, -0.2) is 22.9 Å². The smallest absolute Gasteiger partial charge is 0.307 e. The molecule has 3 rings (SSSR count). The van der Waals surface area contributed by atoms with Crippen molar-refractivity contribution in [2.24, 2.45) is 17.6 Å². The fourth-order valence-corrected chi connectivity index (χ4v) is 5.42. The highest BCUT2D eigenvalue weighted by Crippen LogP contribution is 2.39. The van der Waals surface area contributed by atoms with E-state index in [0.29, 0.717) is 23.4 Å². The monoisotopic (exact) mass is 390 g/mol. The average molecular weight is 391 g/mol. The molecule has 1 heterocycles. The number of thiophene rings is 1. The Hall–Kier alpha value is -2.15. The molecule has 0 radical (unpaired) electrons. The SMILES string of the molecule is CC1=C(C)C[C@@H](C(=O)O)[C@@H](C(=O)Nc2sc3c(c2C(N)=O)CCCCC3)C1. The summed E-state index contributed by atoms with van der Waals surface area (Å²) in [6, 6.07) is 0. The van der Waals surface area contributed by atoms with Gasteiger partial charge < -0.3 is 16.2 Å². The highest BCUT2D eigenvalue weighted by Gasteiger charge is 2.38. The predicted molar refractivity (Wildman–Crippen MR) is 105 cm³/mol. The van der Waals surface area contributed by atoms with Crippen molar-refractivity contribution < 1.29 is 19.5 Å². The Balaban J connectivity index is 1.89. The molecular formula is C20H26N2O4S. The molecule has 0 saturated heterocycles. The molecule has 6 nitrogen and oxygen atoms in total. The molecule has 2 aliphatic carbocycles. The van der Waals surface area contributed by atoms with Gasteiger partial charge >= 0.3 is 5.97 Å². The maximum absolute atomic E-state index is 12.9. The summed E-state index contributed by atoms with van der Waals surface area (Å²) in [6.07, 6.45) is 5.67. The lowest BCUT2D eigenvalue weighted by atomic mass is 9.76.